The van der Waals surface area contributed by atoms with Gasteiger partial charge in [-0.3, -0.25) is 4.57 Å². The highest BCUT2D eigenvalue weighted by atomic mass is 32.1. The van der Waals surface area contributed by atoms with Crippen molar-refractivity contribution >= 4 is 23.7 Å². The molecule has 2 rings (SSSR count). The lowest BCUT2D eigenvalue weighted by molar-refractivity contribution is 0.528. The Bertz CT molecular complexity index is 544. The van der Waals surface area contributed by atoms with E-state index in [0.29, 0.717) is 5.58 Å². The van der Waals surface area contributed by atoms with Crippen molar-refractivity contribution in [3.63, 3.8) is 0 Å². The lowest BCUT2D eigenvalue weighted by Gasteiger charge is -2.02. The van der Waals surface area contributed by atoms with Gasteiger partial charge in [0.2, 0.25) is 0 Å². The van der Waals surface area contributed by atoms with Crippen molar-refractivity contribution in [1.82, 2.24) is 9.88 Å². The number of nitrogens with one attached hydrogen (secondary N) is 1. The third-order valence-corrected chi connectivity index (χ3v) is 2.70. The number of aryl methyl sites for hydroxylation is 1. The fourth-order valence-electron chi connectivity index (χ4n) is 1.59. The Morgan fingerprint density at radius 3 is 3.06 bits per heavy atom. The Hall–Kier alpha value is -1.20. The summed E-state index contributed by atoms with van der Waals surface area (Å²) in [6.07, 6.45) is 0. The molecule has 1 N–H and O–H groups in total. The molecule has 86 valence electrons. The van der Waals surface area contributed by atoms with Crippen molar-refractivity contribution in [2.24, 2.45) is 7.05 Å². The molecule has 0 spiro atoms. The van der Waals surface area contributed by atoms with Crippen molar-refractivity contribution in [1.29, 1.82) is 0 Å². The van der Waals surface area contributed by atoms with Crippen LogP contribution in [-0.4, -0.2) is 16.9 Å². The summed E-state index contributed by atoms with van der Waals surface area (Å²) in [5, 5.41) is 3.25. The number of thiol groups is 1. The third kappa shape index (κ3) is 2.15. The van der Waals surface area contributed by atoms with E-state index >= 15 is 0 Å². The van der Waals surface area contributed by atoms with E-state index in [0.717, 1.165) is 29.9 Å². The number of oxazole rings is 1. The van der Waals surface area contributed by atoms with Crippen LogP contribution < -0.4 is 11.1 Å². The Morgan fingerprint density at radius 1 is 1.50 bits per heavy atom. The number of hydrogen-bond acceptors (Lipinski definition) is 4. The lowest BCUT2D eigenvalue weighted by atomic mass is 10.2. The zero-order chi connectivity index (χ0) is 11.5. The smallest absolute Gasteiger partial charge is 0.408 e. The third-order valence-electron chi connectivity index (χ3n) is 2.47. The molecule has 0 aliphatic carbocycles. The minimum Gasteiger partial charge on any atom is -0.408 e. The molecule has 1 aromatic heterocycles. The number of benzene rings is 1. The first-order valence-corrected chi connectivity index (χ1v) is 5.75. The first-order chi connectivity index (χ1) is 7.72. The maximum absolute atomic E-state index is 11.3. The van der Waals surface area contributed by atoms with Crippen LogP contribution in [0.4, 0.5) is 0 Å². The minimum atomic E-state index is -0.324. The van der Waals surface area contributed by atoms with E-state index in [2.05, 4.69) is 17.9 Å². The highest BCUT2D eigenvalue weighted by Crippen LogP contribution is 2.13. The SMILES string of the molecule is Cn1c(=O)oc2ccc(CNCCS)cc21. The van der Waals surface area contributed by atoms with Gasteiger partial charge in [-0.25, -0.2) is 4.79 Å². The number of rotatable bonds is 4. The van der Waals surface area contributed by atoms with Crippen LogP contribution >= 0.6 is 12.6 Å². The fraction of sp³-hybridized carbons (Fsp3) is 0.364. The summed E-state index contributed by atoms with van der Waals surface area (Å²) in [6, 6.07) is 5.75. The number of aromatic nitrogens is 1. The zero-order valence-electron chi connectivity index (χ0n) is 9.06. The van der Waals surface area contributed by atoms with Gasteiger partial charge in [0.25, 0.3) is 0 Å². The largest absolute Gasteiger partial charge is 0.419 e. The molecule has 0 amide bonds. The van der Waals surface area contributed by atoms with Gasteiger partial charge in [0.15, 0.2) is 5.58 Å². The first-order valence-electron chi connectivity index (χ1n) is 5.12. The Labute approximate surface area is 98.7 Å². The molecule has 0 atom stereocenters. The monoisotopic (exact) mass is 238 g/mol. The fourth-order valence-corrected chi connectivity index (χ4v) is 1.75. The highest BCUT2D eigenvalue weighted by molar-refractivity contribution is 7.80. The van der Waals surface area contributed by atoms with E-state index in [9.17, 15) is 4.79 Å². The van der Waals surface area contributed by atoms with Crippen LogP contribution in [0.5, 0.6) is 0 Å². The summed E-state index contributed by atoms with van der Waals surface area (Å²) in [5.74, 6) is 0.488. The van der Waals surface area contributed by atoms with Crippen molar-refractivity contribution in [3.05, 3.63) is 34.3 Å². The summed E-state index contributed by atoms with van der Waals surface area (Å²) in [4.78, 5) is 11.3. The van der Waals surface area contributed by atoms with Crippen LogP contribution in [0.2, 0.25) is 0 Å². The van der Waals surface area contributed by atoms with Gasteiger partial charge >= 0.3 is 5.76 Å². The Kier molecular flexibility index (Phi) is 3.36. The topological polar surface area (TPSA) is 47.2 Å². The molecular weight excluding hydrogens is 224 g/mol. The van der Waals surface area contributed by atoms with Gasteiger partial charge in [-0.2, -0.15) is 12.6 Å². The summed E-state index contributed by atoms with van der Waals surface area (Å²) < 4.78 is 6.57. The zero-order valence-corrected chi connectivity index (χ0v) is 9.96. The molecule has 2 aromatic rings. The standard InChI is InChI=1S/C11H14N2O2S/c1-13-9-6-8(7-12-4-5-16)2-3-10(9)15-11(13)14/h2-3,6,12,16H,4-5,7H2,1H3. The predicted octanol–water partition coefficient (Wildman–Crippen LogP) is 1.15. The van der Waals surface area contributed by atoms with Gasteiger partial charge in [-0.05, 0) is 17.7 Å². The van der Waals surface area contributed by atoms with E-state index in [4.69, 9.17) is 4.42 Å². The summed E-state index contributed by atoms with van der Waals surface area (Å²) in [5.41, 5.74) is 2.59. The quantitative estimate of drug-likeness (QED) is 0.620. The summed E-state index contributed by atoms with van der Waals surface area (Å²) in [6.45, 7) is 1.64. The van der Waals surface area contributed by atoms with Crippen molar-refractivity contribution in [2.45, 2.75) is 6.54 Å². The Balaban J connectivity index is 2.28. The van der Waals surface area contributed by atoms with Crippen LogP contribution in [0.25, 0.3) is 11.1 Å². The van der Waals surface area contributed by atoms with E-state index in [1.807, 2.05) is 18.2 Å². The van der Waals surface area contributed by atoms with Gasteiger partial charge in [-0.1, -0.05) is 6.07 Å². The van der Waals surface area contributed by atoms with Crippen LogP contribution in [-0.2, 0) is 13.6 Å². The maximum atomic E-state index is 11.3. The predicted molar refractivity (Wildman–Crippen MR) is 67.0 cm³/mol. The normalized spacial score (nSPS) is 11.1. The second-order valence-electron chi connectivity index (χ2n) is 3.63. The van der Waals surface area contributed by atoms with Gasteiger partial charge < -0.3 is 9.73 Å². The van der Waals surface area contributed by atoms with E-state index < -0.39 is 0 Å². The Morgan fingerprint density at radius 2 is 2.31 bits per heavy atom. The number of hydrogen-bond donors (Lipinski definition) is 2. The summed E-state index contributed by atoms with van der Waals surface area (Å²) in [7, 11) is 1.71. The van der Waals surface area contributed by atoms with Crippen LogP contribution in [0.1, 0.15) is 5.56 Å². The molecule has 1 aromatic carbocycles. The molecule has 0 unspecified atom stereocenters. The van der Waals surface area contributed by atoms with E-state index in [-0.39, 0.29) is 5.76 Å². The molecule has 4 nitrogen and oxygen atoms in total. The molecule has 5 heteroatoms. The molecule has 0 fully saturated rings. The molecule has 1 heterocycles. The summed E-state index contributed by atoms with van der Waals surface area (Å²) >= 11 is 4.12. The van der Waals surface area contributed by atoms with E-state index in [1.165, 1.54) is 4.57 Å². The molecule has 0 bridgehead atoms. The van der Waals surface area contributed by atoms with Crippen LogP contribution in [0.15, 0.2) is 27.4 Å². The molecule has 0 radical (unpaired) electrons. The number of fused-ring (bicyclic) bond motifs is 1. The molecule has 16 heavy (non-hydrogen) atoms. The molecular formula is C11H14N2O2S. The average molecular weight is 238 g/mol. The molecule has 0 saturated carbocycles. The van der Waals surface area contributed by atoms with Crippen LogP contribution in [0.3, 0.4) is 0 Å². The van der Waals surface area contributed by atoms with Gasteiger partial charge in [0, 0.05) is 25.9 Å². The first kappa shape index (κ1) is 11.3. The highest BCUT2D eigenvalue weighted by Gasteiger charge is 2.05. The number of nitrogens with zero attached hydrogens (tertiary/aromatic N) is 1. The second-order valence-corrected chi connectivity index (χ2v) is 4.08. The van der Waals surface area contributed by atoms with Gasteiger partial charge in [0.1, 0.15) is 0 Å². The minimum absolute atomic E-state index is 0.324. The van der Waals surface area contributed by atoms with Crippen molar-refractivity contribution in [2.75, 3.05) is 12.3 Å². The lowest BCUT2D eigenvalue weighted by Crippen LogP contribution is -2.15. The van der Waals surface area contributed by atoms with E-state index in [1.54, 1.807) is 7.05 Å². The maximum Gasteiger partial charge on any atom is 0.419 e. The van der Waals surface area contributed by atoms with Crippen LogP contribution in [0, 0.1) is 0 Å². The second kappa shape index (κ2) is 4.76. The molecule has 0 saturated heterocycles. The molecule has 0 aliphatic rings. The van der Waals surface area contributed by atoms with Gasteiger partial charge in [0.05, 0.1) is 5.52 Å². The van der Waals surface area contributed by atoms with Gasteiger partial charge in [-0.15, -0.1) is 0 Å². The average Bonchev–Trinajstić information content (AvgIpc) is 2.56. The van der Waals surface area contributed by atoms with Crippen molar-refractivity contribution in [3.8, 4) is 0 Å². The van der Waals surface area contributed by atoms with Crippen molar-refractivity contribution < 1.29 is 4.42 Å². The molecule has 0 aliphatic heterocycles.